The van der Waals surface area contributed by atoms with Crippen molar-refractivity contribution in [2.75, 3.05) is 18.0 Å². The van der Waals surface area contributed by atoms with Crippen LogP contribution >= 0.6 is 0 Å². The van der Waals surface area contributed by atoms with Gasteiger partial charge in [0.1, 0.15) is 11.5 Å². The number of carbonyl (C=O) groups is 1. The number of anilines is 1. The molecule has 19 heavy (non-hydrogen) atoms. The number of hydrogen-bond acceptors (Lipinski definition) is 5. The van der Waals surface area contributed by atoms with Crippen LogP contribution in [0.15, 0.2) is 12.4 Å². The molecule has 6 nitrogen and oxygen atoms in total. The molecule has 1 fully saturated rings. The summed E-state index contributed by atoms with van der Waals surface area (Å²) < 4.78 is 6.01. The summed E-state index contributed by atoms with van der Waals surface area (Å²) in [5, 5.41) is 0. The van der Waals surface area contributed by atoms with Crippen molar-refractivity contribution >= 4 is 11.7 Å². The van der Waals surface area contributed by atoms with E-state index in [1.54, 1.807) is 6.20 Å². The zero-order valence-corrected chi connectivity index (χ0v) is 11.8. The van der Waals surface area contributed by atoms with Crippen molar-refractivity contribution in [3.05, 3.63) is 18.1 Å². The first-order chi connectivity index (χ1) is 8.69. The average molecular weight is 264 g/mol. The van der Waals surface area contributed by atoms with Gasteiger partial charge in [-0.1, -0.05) is 0 Å². The van der Waals surface area contributed by atoms with Gasteiger partial charge in [0.15, 0.2) is 0 Å². The smallest absolute Gasteiger partial charge is 0.268 e. The Morgan fingerprint density at radius 1 is 1.26 bits per heavy atom. The minimum absolute atomic E-state index is 0.180. The van der Waals surface area contributed by atoms with E-state index < -0.39 is 5.91 Å². The van der Waals surface area contributed by atoms with Gasteiger partial charge in [-0.25, -0.2) is 4.98 Å². The van der Waals surface area contributed by atoms with Crippen molar-refractivity contribution in [3.63, 3.8) is 0 Å². The fraction of sp³-hybridized carbons (Fsp3) is 0.615. The topological polar surface area (TPSA) is 81.3 Å². The van der Waals surface area contributed by atoms with Gasteiger partial charge >= 0.3 is 0 Å². The normalized spacial score (nSPS) is 21.2. The number of hydrogen-bond donors (Lipinski definition) is 1. The molecule has 0 aromatic carbocycles. The molecule has 1 aliphatic heterocycles. The van der Waals surface area contributed by atoms with Gasteiger partial charge in [0.2, 0.25) is 0 Å². The largest absolute Gasteiger partial charge is 0.366 e. The van der Waals surface area contributed by atoms with E-state index in [9.17, 15) is 4.79 Å². The van der Waals surface area contributed by atoms with E-state index in [0.29, 0.717) is 18.9 Å². The van der Waals surface area contributed by atoms with E-state index in [2.05, 4.69) is 14.9 Å². The number of nitrogens with zero attached hydrogens (tertiary/aromatic N) is 3. The van der Waals surface area contributed by atoms with Crippen LogP contribution in [0.25, 0.3) is 0 Å². The molecule has 0 spiro atoms. The minimum atomic E-state index is -0.568. The molecule has 0 atom stereocenters. The third-order valence-corrected chi connectivity index (χ3v) is 2.89. The quantitative estimate of drug-likeness (QED) is 0.860. The highest BCUT2D eigenvalue weighted by atomic mass is 16.5. The molecule has 0 unspecified atom stereocenters. The molecule has 2 heterocycles. The van der Waals surface area contributed by atoms with Crippen LogP contribution in [-0.4, -0.2) is 40.2 Å². The van der Waals surface area contributed by atoms with E-state index in [0.717, 1.165) is 0 Å². The molecule has 0 bridgehead atoms. The molecule has 104 valence electrons. The van der Waals surface area contributed by atoms with E-state index >= 15 is 0 Å². The first kappa shape index (κ1) is 13.7. The predicted molar refractivity (Wildman–Crippen MR) is 72.0 cm³/mol. The van der Waals surface area contributed by atoms with Crippen LogP contribution in [0.5, 0.6) is 0 Å². The van der Waals surface area contributed by atoms with Crippen molar-refractivity contribution < 1.29 is 9.53 Å². The van der Waals surface area contributed by atoms with E-state index in [4.69, 9.17) is 10.5 Å². The highest BCUT2D eigenvalue weighted by molar-refractivity contribution is 5.90. The van der Waals surface area contributed by atoms with Gasteiger partial charge in [-0.3, -0.25) is 9.78 Å². The van der Waals surface area contributed by atoms with E-state index in [1.807, 2.05) is 27.7 Å². The molecule has 2 N–H and O–H groups in total. The van der Waals surface area contributed by atoms with Crippen molar-refractivity contribution in [1.29, 1.82) is 0 Å². The van der Waals surface area contributed by atoms with Crippen LogP contribution in [0.1, 0.15) is 38.2 Å². The van der Waals surface area contributed by atoms with Crippen molar-refractivity contribution in [1.82, 2.24) is 9.97 Å². The van der Waals surface area contributed by atoms with Gasteiger partial charge in [-0.2, -0.15) is 0 Å². The standard InChI is InChI=1S/C13H20N4O2/c1-12(2)7-17(8-13(3,4)19-12)10-6-15-5-9(16-10)11(14)18/h5-6H,7-8H2,1-4H3,(H2,14,18). The Kier molecular flexibility index (Phi) is 3.22. The Labute approximate surface area is 113 Å². The highest BCUT2D eigenvalue weighted by Gasteiger charge is 2.38. The number of primary amides is 1. The molecule has 0 aliphatic carbocycles. The SMILES string of the molecule is CC1(C)CN(c2cncc(C(N)=O)n2)CC(C)(C)O1. The molecule has 1 saturated heterocycles. The van der Waals surface area contributed by atoms with E-state index in [1.165, 1.54) is 6.20 Å². The first-order valence-corrected chi connectivity index (χ1v) is 6.26. The Hall–Kier alpha value is -1.69. The van der Waals surface area contributed by atoms with Gasteiger partial charge < -0.3 is 15.4 Å². The number of carbonyl (C=O) groups excluding carboxylic acids is 1. The summed E-state index contributed by atoms with van der Waals surface area (Å²) >= 11 is 0. The Bertz CT molecular complexity index is 483. The fourth-order valence-corrected chi connectivity index (χ4v) is 2.58. The molecule has 0 radical (unpaired) electrons. The van der Waals surface area contributed by atoms with Crippen molar-refractivity contribution in [3.8, 4) is 0 Å². The van der Waals surface area contributed by atoms with Crippen LogP contribution in [0, 0.1) is 0 Å². The summed E-state index contributed by atoms with van der Waals surface area (Å²) in [6.45, 7) is 9.51. The summed E-state index contributed by atoms with van der Waals surface area (Å²) in [7, 11) is 0. The van der Waals surface area contributed by atoms with Crippen LogP contribution in [0.2, 0.25) is 0 Å². The van der Waals surface area contributed by atoms with Crippen LogP contribution in [-0.2, 0) is 4.74 Å². The minimum Gasteiger partial charge on any atom is -0.366 e. The Balaban J connectivity index is 2.30. The lowest BCUT2D eigenvalue weighted by Crippen LogP contribution is -2.57. The van der Waals surface area contributed by atoms with Crippen molar-refractivity contribution in [2.45, 2.75) is 38.9 Å². The van der Waals surface area contributed by atoms with Gasteiger partial charge in [-0.05, 0) is 27.7 Å². The molecule has 1 amide bonds. The second-order valence-electron chi connectivity index (χ2n) is 6.10. The number of nitrogens with two attached hydrogens (primary N) is 1. The lowest BCUT2D eigenvalue weighted by atomic mass is 9.99. The Morgan fingerprint density at radius 3 is 2.37 bits per heavy atom. The lowest BCUT2D eigenvalue weighted by molar-refractivity contribution is -0.133. The van der Waals surface area contributed by atoms with Crippen LogP contribution in [0.3, 0.4) is 0 Å². The lowest BCUT2D eigenvalue weighted by Gasteiger charge is -2.47. The Morgan fingerprint density at radius 2 is 1.84 bits per heavy atom. The number of morpholine rings is 1. The third-order valence-electron chi connectivity index (χ3n) is 2.89. The number of aromatic nitrogens is 2. The molecular weight excluding hydrogens is 244 g/mol. The van der Waals surface area contributed by atoms with Gasteiger partial charge in [0.05, 0.1) is 23.6 Å². The predicted octanol–water partition coefficient (Wildman–Crippen LogP) is 0.969. The molecular formula is C13H20N4O2. The average Bonchev–Trinajstić information content (AvgIpc) is 2.25. The van der Waals surface area contributed by atoms with Crippen molar-refractivity contribution in [2.24, 2.45) is 5.73 Å². The van der Waals surface area contributed by atoms with Gasteiger partial charge in [0, 0.05) is 13.1 Å². The molecule has 6 heteroatoms. The second kappa shape index (κ2) is 4.45. The maximum atomic E-state index is 11.2. The zero-order valence-electron chi connectivity index (χ0n) is 11.8. The molecule has 1 aromatic rings. The number of rotatable bonds is 2. The summed E-state index contributed by atoms with van der Waals surface area (Å²) in [5.74, 6) is 0.0851. The summed E-state index contributed by atoms with van der Waals surface area (Å²) in [4.78, 5) is 21.5. The second-order valence-corrected chi connectivity index (χ2v) is 6.10. The fourth-order valence-electron chi connectivity index (χ4n) is 2.58. The highest BCUT2D eigenvalue weighted by Crippen LogP contribution is 2.30. The maximum Gasteiger partial charge on any atom is 0.268 e. The molecule has 0 saturated carbocycles. The number of amides is 1. The van der Waals surface area contributed by atoms with Crippen LogP contribution in [0.4, 0.5) is 5.82 Å². The number of ether oxygens (including phenoxy) is 1. The monoisotopic (exact) mass is 264 g/mol. The van der Waals surface area contributed by atoms with Crippen LogP contribution < -0.4 is 10.6 Å². The van der Waals surface area contributed by atoms with Gasteiger partial charge in [0.25, 0.3) is 5.91 Å². The molecule has 1 aliphatic rings. The maximum absolute atomic E-state index is 11.2. The van der Waals surface area contributed by atoms with E-state index in [-0.39, 0.29) is 16.9 Å². The molecule has 2 rings (SSSR count). The summed E-state index contributed by atoms with van der Waals surface area (Å²) in [5.41, 5.74) is 4.84. The first-order valence-electron chi connectivity index (χ1n) is 6.26. The van der Waals surface area contributed by atoms with Gasteiger partial charge in [-0.15, -0.1) is 0 Å². The molecule has 1 aromatic heterocycles. The summed E-state index contributed by atoms with van der Waals surface area (Å²) in [6, 6.07) is 0. The third kappa shape index (κ3) is 3.20. The summed E-state index contributed by atoms with van der Waals surface area (Å²) in [6.07, 6.45) is 3.02. The zero-order chi connectivity index (χ0) is 14.3.